The first-order valence-electron chi connectivity index (χ1n) is 6.44. The normalized spacial score (nSPS) is 20.1. The van der Waals surface area contributed by atoms with Crippen LogP contribution in [0.4, 0.5) is 0 Å². The Morgan fingerprint density at radius 1 is 1.28 bits per heavy atom. The van der Waals surface area contributed by atoms with Gasteiger partial charge in [0.05, 0.1) is 5.02 Å². The fourth-order valence-corrected chi connectivity index (χ4v) is 3.11. The van der Waals surface area contributed by atoms with Gasteiger partial charge < -0.3 is 15.2 Å². The molecule has 1 aromatic carbocycles. The number of halogens is 1. The maximum Gasteiger partial charge on any atom is 0.231 e. The fourth-order valence-electron chi connectivity index (χ4n) is 2.86. The highest BCUT2D eigenvalue weighted by atomic mass is 35.5. The summed E-state index contributed by atoms with van der Waals surface area (Å²) < 4.78 is 11.1. The van der Waals surface area contributed by atoms with Gasteiger partial charge in [0.25, 0.3) is 0 Å². The summed E-state index contributed by atoms with van der Waals surface area (Å²) >= 11 is 6.28. The van der Waals surface area contributed by atoms with Crippen LogP contribution in [0.1, 0.15) is 50.2 Å². The third-order valence-electron chi connectivity index (χ3n) is 4.00. The zero-order chi connectivity index (χ0) is 12.9. The molecule has 0 amide bonds. The van der Waals surface area contributed by atoms with Gasteiger partial charge in [-0.3, -0.25) is 0 Å². The largest absolute Gasteiger partial charge is 0.453 e. The number of hydrogen-bond donors (Lipinski definition) is 1. The first-order valence-corrected chi connectivity index (χ1v) is 6.82. The number of benzene rings is 1. The molecule has 1 saturated carbocycles. The molecule has 98 valence electrons. The number of rotatable bonds is 2. The highest BCUT2D eigenvalue weighted by molar-refractivity contribution is 6.32. The molecule has 2 N–H and O–H groups in total. The number of nitrogens with two attached hydrogens (primary N) is 1. The lowest BCUT2D eigenvalue weighted by molar-refractivity contribution is 0.172. The van der Waals surface area contributed by atoms with Crippen LogP contribution in [-0.2, 0) is 5.54 Å². The van der Waals surface area contributed by atoms with E-state index >= 15 is 0 Å². The average molecular weight is 268 g/mol. The summed E-state index contributed by atoms with van der Waals surface area (Å²) in [7, 11) is 0. The van der Waals surface area contributed by atoms with Gasteiger partial charge in [-0.25, -0.2) is 0 Å². The zero-order valence-corrected chi connectivity index (χ0v) is 11.5. The van der Waals surface area contributed by atoms with Crippen molar-refractivity contribution < 1.29 is 9.47 Å². The Bertz CT molecular complexity index is 495. The van der Waals surface area contributed by atoms with Crippen LogP contribution >= 0.6 is 11.6 Å². The Balaban J connectivity index is 2.22. The second-order valence-electron chi connectivity index (χ2n) is 5.55. The number of ether oxygens (including phenoxy) is 2. The lowest BCUT2D eigenvalue weighted by atomic mass is 9.70. The van der Waals surface area contributed by atoms with E-state index in [1.165, 1.54) is 6.42 Å². The summed E-state index contributed by atoms with van der Waals surface area (Å²) in [5, 5.41) is 0.610. The van der Waals surface area contributed by atoms with Crippen molar-refractivity contribution in [3.8, 4) is 11.5 Å². The van der Waals surface area contributed by atoms with Crippen molar-refractivity contribution >= 4 is 11.6 Å². The van der Waals surface area contributed by atoms with Gasteiger partial charge in [0.15, 0.2) is 11.5 Å². The van der Waals surface area contributed by atoms with Crippen molar-refractivity contribution in [2.75, 3.05) is 6.79 Å². The van der Waals surface area contributed by atoms with E-state index in [0.717, 1.165) is 29.7 Å². The fraction of sp³-hybridized carbons (Fsp3) is 0.571. The van der Waals surface area contributed by atoms with Crippen molar-refractivity contribution in [1.29, 1.82) is 0 Å². The smallest absolute Gasteiger partial charge is 0.231 e. The SMILES string of the molecule is CC(C)c1c(C2(N)CCC2)cc(Cl)c2c1OCO2. The quantitative estimate of drug-likeness (QED) is 0.892. The summed E-state index contributed by atoms with van der Waals surface area (Å²) in [5.74, 6) is 1.81. The molecule has 0 atom stereocenters. The van der Waals surface area contributed by atoms with Crippen LogP contribution in [-0.4, -0.2) is 6.79 Å². The van der Waals surface area contributed by atoms with Gasteiger partial charge in [-0.1, -0.05) is 25.4 Å². The molecule has 2 aliphatic rings. The van der Waals surface area contributed by atoms with E-state index in [0.29, 0.717) is 16.7 Å². The molecule has 1 aliphatic carbocycles. The van der Waals surface area contributed by atoms with Crippen LogP contribution in [0.5, 0.6) is 11.5 Å². The van der Waals surface area contributed by atoms with E-state index in [-0.39, 0.29) is 12.3 Å². The summed E-state index contributed by atoms with van der Waals surface area (Å²) in [6, 6.07) is 1.98. The average Bonchev–Trinajstić information content (AvgIpc) is 2.74. The lowest BCUT2D eigenvalue weighted by Crippen LogP contribution is -2.44. The Kier molecular flexibility index (Phi) is 2.72. The molecule has 0 radical (unpaired) electrons. The maximum atomic E-state index is 6.47. The van der Waals surface area contributed by atoms with Crippen LogP contribution in [0.2, 0.25) is 5.02 Å². The molecular formula is C14H18ClNO2. The lowest BCUT2D eigenvalue weighted by Gasteiger charge is -2.40. The van der Waals surface area contributed by atoms with Crippen molar-refractivity contribution in [3.05, 3.63) is 22.2 Å². The highest BCUT2D eigenvalue weighted by Gasteiger charge is 2.39. The molecule has 1 heterocycles. The monoisotopic (exact) mass is 267 g/mol. The summed E-state index contributed by atoms with van der Waals surface area (Å²) in [5.41, 5.74) is 8.54. The predicted octanol–water partition coefficient (Wildman–Crippen LogP) is 3.53. The second-order valence-corrected chi connectivity index (χ2v) is 5.96. The molecular weight excluding hydrogens is 250 g/mol. The second kappa shape index (κ2) is 4.04. The molecule has 18 heavy (non-hydrogen) atoms. The molecule has 4 heteroatoms. The van der Waals surface area contributed by atoms with E-state index < -0.39 is 0 Å². The Morgan fingerprint density at radius 2 is 1.94 bits per heavy atom. The molecule has 1 aliphatic heterocycles. The molecule has 1 fully saturated rings. The van der Waals surface area contributed by atoms with Crippen molar-refractivity contribution in [2.45, 2.75) is 44.6 Å². The minimum absolute atomic E-state index is 0.232. The van der Waals surface area contributed by atoms with Crippen LogP contribution in [0.3, 0.4) is 0 Å². The summed E-state index contributed by atoms with van der Waals surface area (Å²) in [6.45, 7) is 4.54. The minimum atomic E-state index is -0.232. The highest BCUT2D eigenvalue weighted by Crippen LogP contribution is 2.51. The van der Waals surface area contributed by atoms with E-state index in [4.69, 9.17) is 26.8 Å². The van der Waals surface area contributed by atoms with Crippen molar-refractivity contribution in [2.24, 2.45) is 5.73 Å². The van der Waals surface area contributed by atoms with Gasteiger partial charge in [0, 0.05) is 11.1 Å². The third kappa shape index (κ3) is 1.61. The van der Waals surface area contributed by atoms with Gasteiger partial charge in [0.2, 0.25) is 6.79 Å². The number of hydrogen-bond acceptors (Lipinski definition) is 3. The molecule has 3 nitrogen and oxygen atoms in total. The zero-order valence-electron chi connectivity index (χ0n) is 10.8. The van der Waals surface area contributed by atoms with Crippen LogP contribution in [0.25, 0.3) is 0 Å². The Labute approximate surface area is 112 Å². The van der Waals surface area contributed by atoms with Crippen LogP contribution < -0.4 is 15.2 Å². The maximum absolute atomic E-state index is 6.47. The molecule has 3 rings (SSSR count). The van der Waals surface area contributed by atoms with Crippen molar-refractivity contribution in [1.82, 2.24) is 0 Å². The Morgan fingerprint density at radius 3 is 2.50 bits per heavy atom. The Hall–Kier alpha value is -0.930. The summed E-state index contributed by atoms with van der Waals surface area (Å²) in [4.78, 5) is 0. The molecule has 0 aromatic heterocycles. The van der Waals surface area contributed by atoms with Crippen LogP contribution in [0.15, 0.2) is 6.07 Å². The molecule has 0 unspecified atom stereocenters. The van der Waals surface area contributed by atoms with E-state index in [9.17, 15) is 0 Å². The molecule has 0 saturated heterocycles. The summed E-state index contributed by atoms with van der Waals surface area (Å²) in [6.07, 6.45) is 3.21. The van der Waals surface area contributed by atoms with Crippen molar-refractivity contribution in [3.63, 3.8) is 0 Å². The van der Waals surface area contributed by atoms with Crippen LogP contribution in [0, 0.1) is 0 Å². The van der Waals surface area contributed by atoms with Gasteiger partial charge >= 0.3 is 0 Å². The van der Waals surface area contributed by atoms with Gasteiger partial charge in [-0.05, 0) is 36.8 Å². The van der Waals surface area contributed by atoms with E-state index in [2.05, 4.69) is 13.8 Å². The standard InChI is InChI=1S/C14H18ClNO2/c1-8(2)11-9(14(16)4-3-5-14)6-10(15)12-13(11)18-7-17-12/h6,8H,3-5,7,16H2,1-2H3. The molecule has 0 spiro atoms. The topological polar surface area (TPSA) is 44.5 Å². The van der Waals surface area contributed by atoms with Gasteiger partial charge in [-0.2, -0.15) is 0 Å². The number of fused-ring (bicyclic) bond motifs is 1. The first kappa shape index (κ1) is 12.1. The molecule has 1 aromatic rings. The minimum Gasteiger partial charge on any atom is -0.453 e. The van der Waals surface area contributed by atoms with Gasteiger partial charge in [0.1, 0.15) is 0 Å². The van der Waals surface area contributed by atoms with E-state index in [1.807, 2.05) is 6.07 Å². The predicted molar refractivity (Wildman–Crippen MR) is 71.4 cm³/mol. The third-order valence-corrected chi connectivity index (χ3v) is 4.28. The van der Waals surface area contributed by atoms with Gasteiger partial charge in [-0.15, -0.1) is 0 Å². The first-order chi connectivity index (χ1) is 8.53. The van der Waals surface area contributed by atoms with E-state index in [1.54, 1.807) is 0 Å². The molecule has 0 bridgehead atoms.